The largest absolute Gasteiger partial charge is 0.225 e. The molecule has 1 aliphatic heterocycles. The van der Waals surface area contributed by atoms with Gasteiger partial charge in [0.25, 0.3) is 0 Å². The van der Waals surface area contributed by atoms with Gasteiger partial charge in [0.15, 0.2) is 0 Å². The Morgan fingerprint density at radius 3 is 1.89 bits per heavy atom. The van der Waals surface area contributed by atoms with Crippen LogP contribution in [0.25, 0.3) is 0 Å². The first kappa shape index (κ1) is 20.0. The Labute approximate surface area is 161 Å². The molecular formula is C20H23ClN2O4. The number of nitrogens with one attached hydrogen (secondary N) is 1. The first-order valence-electron chi connectivity index (χ1n) is 8.89. The molecule has 1 fully saturated rings. The van der Waals surface area contributed by atoms with Crippen molar-refractivity contribution in [3.63, 3.8) is 0 Å². The highest BCUT2D eigenvalue weighted by Gasteiger charge is 2.36. The Balaban J connectivity index is 0.000000376. The molecule has 7 heteroatoms. The monoisotopic (exact) mass is 390 g/mol. The van der Waals surface area contributed by atoms with Crippen LogP contribution in [0, 0.1) is 16.2 Å². The standard InChI is InChI=1S/C20H22N2.ClHO4/c1-3-7-17(8-4-1)13-21-15-20(19-11-12-19)16-22(21)14-18-9-5-2-6-10-18;2-1(3,4)5/h1-10,15,19H,11-14,16H2;(H,2,3,4,5). The maximum atomic E-state index is 8.49. The molecule has 144 valence electrons. The number of halogens is 1. The predicted molar refractivity (Wildman–Crippen MR) is 88.8 cm³/mol. The second kappa shape index (κ2) is 8.95. The van der Waals surface area contributed by atoms with Crippen molar-refractivity contribution < 1.29 is 33.9 Å². The topological polar surface area (TPSA) is 99.9 Å². The SMILES string of the molecule is C1=C(C2CC2)CN(Cc2ccccc2)[NH+]1Cc1ccccc1.[O-][Cl+3]([O-])([O-])[O-]. The highest BCUT2D eigenvalue weighted by atomic mass is 35.7. The maximum absolute atomic E-state index is 8.49. The molecule has 0 spiro atoms. The van der Waals surface area contributed by atoms with Gasteiger partial charge in [-0.05, 0) is 24.3 Å². The zero-order valence-electron chi connectivity index (χ0n) is 14.9. The van der Waals surface area contributed by atoms with Crippen molar-refractivity contribution in [2.45, 2.75) is 25.9 Å². The molecule has 0 radical (unpaired) electrons. The zero-order valence-corrected chi connectivity index (χ0v) is 15.7. The minimum Gasteiger partial charge on any atom is -0.225 e. The average molecular weight is 391 g/mol. The van der Waals surface area contributed by atoms with E-state index in [4.69, 9.17) is 18.6 Å². The van der Waals surface area contributed by atoms with Crippen molar-refractivity contribution in [1.82, 2.24) is 5.01 Å². The van der Waals surface area contributed by atoms with Crippen LogP contribution in [-0.2, 0) is 13.1 Å². The van der Waals surface area contributed by atoms with Crippen LogP contribution in [0.1, 0.15) is 24.0 Å². The molecule has 1 saturated carbocycles. The van der Waals surface area contributed by atoms with Gasteiger partial charge in [0.05, 0.1) is 13.1 Å². The minimum absolute atomic E-state index is 0.867. The summed E-state index contributed by atoms with van der Waals surface area (Å²) in [5.41, 5.74) is 4.46. The summed E-state index contributed by atoms with van der Waals surface area (Å²) in [6.07, 6.45) is 5.26. The molecule has 1 aliphatic carbocycles. The van der Waals surface area contributed by atoms with E-state index in [0.717, 1.165) is 25.6 Å². The second-order valence-corrected chi connectivity index (χ2v) is 7.62. The van der Waals surface area contributed by atoms with Crippen molar-refractivity contribution in [1.29, 1.82) is 0 Å². The number of nitrogens with zero attached hydrogens (tertiary/aromatic N) is 1. The molecule has 0 saturated heterocycles. The zero-order chi connectivity index (χ0) is 19.3. The lowest BCUT2D eigenvalue weighted by atomic mass is 10.2. The van der Waals surface area contributed by atoms with Gasteiger partial charge in [-0.1, -0.05) is 60.7 Å². The fraction of sp³-hybridized carbons (Fsp3) is 0.300. The van der Waals surface area contributed by atoms with Crippen molar-refractivity contribution in [2.75, 3.05) is 6.54 Å². The van der Waals surface area contributed by atoms with Crippen LogP contribution in [0.5, 0.6) is 0 Å². The molecule has 0 bridgehead atoms. The number of hydrogen-bond acceptors (Lipinski definition) is 5. The van der Waals surface area contributed by atoms with Crippen LogP contribution < -0.4 is 23.6 Å². The number of benzene rings is 2. The first-order chi connectivity index (χ1) is 12.9. The molecule has 1 N–H and O–H groups in total. The van der Waals surface area contributed by atoms with E-state index in [1.54, 1.807) is 5.57 Å². The van der Waals surface area contributed by atoms with Crippen LogP contribution >= 0.6 is 0 Å². The van der Waals surface area contributed by atoms with E-state index in [1.807, 2.05) is 0 Å². The molecule has 6 nitrogen and oxygen atoms in total. The van der Waals surface area contributed by atoms with Gasteiger partial charge in [-0.3, -0.25) is 0 Å². The van der Waals surface area contributed by atoms with Crippen molar-refractivity contribution in [3.8, 4) is 0 Å². The summed E-state index contributed by atoms with van der Waals surface area (Å²) < 4.78 is 34.0. The fourth-order valence-corrected chi connectivity index (χ4v) is 3.30. The summed E-state index contributed by atoms with van der Waals surface area (Å²) in [6, 6.07) is 21.7. The molecule has 1 unspecified atom stereocenters. The molecule has 4 rings (SSSR count). The Bertz CT molecular complexity index is 740. The van der Waals surface area contributed by atoms with E-state index in [-0.39, 0.29) is 0 Å². The lowest BCUT2D eigenvalue weighted by Crippen LogP contribution is -3.11. The number of hydrogen-bond donors (Lipinski definition) is 1. The second-order valence-electron chi connectivity index (χ2n) is 6.87. The highest BCUT2D eigenvalue weighted by Crippen LogP contribution is 2.37. The lowest BCUT2D eigenvalue weighted by Gasteiger charge is -2.23. The summed E-state index contributed by atoms with van der Waals surface area (Å²) >= 11 is 0. The summed E-state index contributed by atoms with van der Waals surface area (Å²) in [6.45, 7) is 3.20. The molecule has 1 heterocycles. The van der Waals surface area contributed by atoms with E-state index < -0.39 is 10.2 Å². The Hall–Kier alpha value is -1.77. The van der Waals surface area contributed by atoms with Gasteiger partial charge in [0, 0.05) is 11.1 Å². The molecule has 1 atom stereocenters. The van der Waals surface area contributed by atoms with Crippen LogP contribution in [0.2, 0.25) is 0 Å². The molecule has 0 amide bonds. The van der Waals surface area contributed by atoms with Gasteiger partial charge in [-0.15, -0.1) is 15.3 Å². The van der Waals surface area contributed by atoms with Gasteiger partial charge in [0.2, 0.25) is 0 Å². The average Bonchev–Trinajstić information content (AvgIpc) is 3.39. The Morgan fingerprint density at radius 1 is 0.852 bits per heavy atom. The van der Waals surface area contributed by atoms with E-state index >= 15 is 0 Å². The molecule has 27 heavy (non-hydrogen) atoms. The molecule has 2 aromatic rings. The summed E-state index contributed by atoms with van der Waals surface area (Å²) in [5.74, 6) is 0.867. The predicted octanol–water partition coefficient (Wildman–Crippen LogP) is -1.96. The molecular weight excluding hydrogens is 368 g/mol. The van der Waals surface area contributed by atoms with Crippen LogP contribution in [0.3, 0.4) is 0 Å². The molecule has 2 aliphatic rings. The number of quaternary nitrogens is 1. The van der Waals surface area contributed by atoms with Crippen LogP contribution in [0.4, 0.5) is 0 Å². The third-order valence-electron chi connectivity index (χ3n) is 4.68. The maximum Gasteiger partial charge on any atom is 0.125 e. The first-order valence-corrected chi connectivity index (χ1v) is 10.1. The van der Waals surface area contributed by atoms with E-state index in [9.17, 15) is 0 Å². The summed E-state index contributed by atoms with van der Waals surface area (Å²) in [4.78, 5) is 0. The van der Waals surface area contributed by atoms with Gasteiger partial charge >= 0.3 is 0 Å². The Kier molecular flexibility index (Phi) is 6.62. The smallest absolute Gasteiger partial charge is 0.125 e. The quantitative estimate of drug-likeness (QED) is 0.639. The molecule has 2 aromatic carbocycles. The fourth-order valence-electron chi connectivity index (χ4n) is 3.30. The van der Waals surface area contributed by atoms with Crippen LogP contribution in [-0.4, -0.2) is 11.6 Å². The third kappa shape index (κ3) is 7.04. The van der Waals surface area contributed by atoms with Gasteiger partial charge in [-0.25, -0.2) is 23.6 Å². The van der Waals surface area contributed by atoms with Crippen molar-refractivity contribution in [3.05, 3.63) is 83.6 Å². The number of rotatable bonds is 5. The van der Waals surface area contributed by atoms with Gasteiger partial charge in [-0.2, -0.15) is 0 Å². The highest BCUT2D eigenvalue weighted by molar-refractivity contribution is 5.18. The summed E-state index contributed by atoms with van der Waals surface area (Å²) in [5, 5.41) is 4.05. The van der Waals surface area contributed by atoms with Crippen molar-refractivity contribution >= 4 is 0 Å². The van der Waals surface area contributed by atoms with E-state index in [0.29, 0.717) is 0 Å². The lowest BCUT2D eigenvalue weighted by molar-refractivity contribution is -2.00. The van der Waals surface area contributed by atoms with Crippen LogP contribution in [0.15, 0.2) is 72.4 Å². The third-order valence-corrected chi connectivity index (χ3v) is 4.68. The molecule has 0 aromatic heterocycles. The normalized spacial score (nSPS) is 20.0. The van der Waals surface area contributed by atoms with Crippen molar-refractivity contribution in [2.24, 2.45) is 5.92 Å². The van der Waals surface area contributed by atoms with Gasteiger partial charge < -0.3 is 0 Å². The van der Waals surface area contributed by atoms with E-state index in [2.05, 4.69) is 71.9 Å². The summed E-state index contributed by atoms with van der Waals surface area (Å²) in [7, 11) is -4.94. The Morgan fingerprint density at radius 2 is 1.37 bits per heavy atom. The minimum atomic E-state index is -4.94. The van der Waals surface area contributed by atoms with E-state index in [1.165, 1.54) is 29.0 Å². The van der Waals surface area contributed by atoms with Gasteiger partial charge in [0.1, 0.15) is 12.7 Å².